The van der Waals surface area contributed by atoms with Crippen molar-refractivity contribution >= 4 is 17.5 Å². The summed E-state index contributed by atoms with van der Waals surface area (Å²) in [5.41, 5.74) is 0.806. The average molecular weight is 349 g/mol. The molecule has 3 rings (SSSR count). The summed E-state index contributed by atoms with van der Waals surface area (Å²) < 4.78 is 11.4. The molecule has 0 aliphatic carbocycles. The number of aromatic nitrogens is 1. The topological polar surface area (TPSA) is 55.6 Å². The summed E-state index contributed by atoms with van der Waals surface area (Å²) in [5, 5.41) is 0.618. The second-order valence-electron chi connectivity index (χ2n) is 6.15. The fourth-order valence-corrected chi connectivity index (χ4v) is 3.19. The van der Waals surface area contributed by atoms with E-state index in [-0.39, 0.29) is 18.1 Å². The molecule has 0 bridgehead atoms. The van der Waals surface area contributed by atoms with Crippen molar-refractivity contribution in [3.05, 3.63) is 41.4 Å². The Labute approximate surface area is 146 Å². The van der Waals surface area contributed by atoms with E-state index in [1.165, 1.54) is 0 Å². The first-order valence-corrected chi connectivity index (χ1v) is 8.53. The van der Waals surface area contributed by atoms with Gasteiger partial charge in [0.1, 0.15) is 0 Å². The van der Waals surface area contributed by atoms with Crippen molar-refractivity contribution in [3.8, 4) is 11.3 Å². The molecule has 0 radical (unpaired) electrons. The quantitative estimate of drug-likeness (QED) is 0.847. The summed E-state index contributed by atoms with van der Waals surface area (Å²) in [7, 11) is 0. The maximum absolute atomic E-state index is 12.4. The Morgan fingerprint density at radius 2 is 2.00 bits per heavy atom. The maximum Gasteiger partial charge on any atom is 0.223 e. The highest BCUT2D eigenvalue weighted by atomic mass is 35.5. The third-order valence-corrected chi connectivity index (χ3v) is 4.35. The summed E-state index contributed by atoms with van der Waals surface area (Å²) >= 11 is 6.16. The Balaban J connectivity index is 1.59. The molecule has 0 spiro atoms. The first-order chi connectivity index (χ1) is 11.5. The number of morpholine rings is 1. The van der Waals surface area contributed by atoms with Gasteiger partial charge in [-0.05, 0) is 26.0 Å². The molecule has 2 atom stereocenters. The lowest BCUT2D eigenvalue weighted by atomic mass is 10.2. The van der Waals surface area contributed by atoms with Gasteiger partial charge in [0.2, 0.25) is 5.91 Å². The SMILES string of the molecule is C[C@@H]1CN(C(=O)CCc2ncc(-c3ccccc3Cl)o2)C[C@H](C)O1. The fourth-order valence-electron chi connectivity index (χ4n) is 2.96. The van der Waals surface area contributed by atoms with Crippen LogP contribution < -0.4 is 0 Å². The number of carbonyl (C=O) groups excluding carboxylic acids is 1. The Kier molecular flexibility index (Phi) is 5.21. The smallest absolute Gasteiger partial charge is 0.223 e. The van der Waals surface area contributed by atoms with E-state index < -0.39 is 0 Å². The molecule has 24 heavy (non-hydrogen) atoms. The van der Waals surface area contributed by atoms with E-state index in [1.54, 1.807) is 6.20 Å². The first kappa shape index (κ1) is 17.0. The molecular weight excluding hydrogens is 328 g/mol. The number of benzene rings is 1. The van der Waals surface area contributed by atoms with E-state index in [9.17, 15) is 4.79 Å². The molecule has 5 nitrogen and oxygen atoms in total. The van der Waals surface area contributed by atoms with Gasteiger partial charge in [0.25, 0.3) is 0 Å². The number of hydrogen-bond acceptors (Lipinski definition) is 4. The van der Waals surface area contributed by atoms with Crippen LogP contribution in [-0.2, 0) is 16.0 Å². The molecule has 1 aromatic heterocycles. The van der Waals surface area contributed by atoms with Crippen molar-refractivity contribution in [1.82, 2.24) is 9.88 Å². The van der Waals surface area contributed by atoms with Gasteiger partial charge in [-0.15, -0.1) is 0 Å². The molecule has 2 aromatic rings. The van der Waals surface area contributed by atoms with E-state index in [1.807, 2.05) is 43.0 Å². The minimum absolute atomic E-state index is 0.0752. The molecule has 2 heterocycles. The molecular formula is C18H21ClN2O3. The lowest BCUT2D eigenvalue weighted by Crippen LogP contribution is -2.48. The van der Waals surface area contributed by atoms with Crippen LogP contribution in [0.15, 0.2) is 34.9 Å². The number of halogens is 1. The molecule has 1 aromatic carbocycles. The average Bonchev–Trinajstić information content (AvgIpc) is 3.01. The van der Waals surface area contributed by atoms with E-state index in [0.717, 1.165) is 5.56 Å². The number of oxazole rings is 1. The third kappa shape index (κ3) is 3.97. The second kappa shape index (κ2) is 7.36. The molecule has 0 N–H and O–H groups in total. The minimum atomic E-state index is 0.0752. The Bertz CT molecular complexity index is 706. The van der Waals surface area contributed by atoms with E-state index in [2.05, 4.69) is 4.98 Å². The van der Waals surface area contributed by atoms with Gasteiger partial charge in [0.05, 0.1) is 23.4 Å². The van der Waals surface area contributed by atoms with Gasteiger partial charge in [0, 0.05) is 31.5 Å². The number of rotatable bonds is 4. The number of hydrogen-bond donors (Lipinski definition) is 0. The van der Waals surface area contributed by atoms with Crippen LogP contribution in [0.4, 0.5) is 0 Å². The zero-order valence-electron chi connectivity index (χ0n) is 13.9. The van der Waals surface area contributed by atoms with Crippen LogP contribution in [0, 0.1) is 0 Å². The molecule has 0 unspecified atom stereocenters. The predicted octanol–water partition coefficient (Wildman–Crippen LogP) is 3.56. The number of ether oxygens (including phenoxy) is 1. The van der Waals surface area contributed by atoms with Crippen molar-refractivity contribution in [2.24, 2.45) is 0 Å². The van der Waals surface area contributed by atoms with Gasteiger partial charge in [-0.1, -0.05) is 23.7 Å². The lowest BCUT2D eigenvalue weighted by Gasteiger charge is -2.35. The van der Waals surface area contributed by atoms with Gasteiger partial charge >= 0.3 is 0 Å². The normalized spacial score (nSPS) is 21.0. The summed E-state index contributed by atoms with van der Waals surface area (Å²) in [6.45, 7) is 5.25. The fraction of sp³-hybridized carbons (Fsp3) is 0.444. The Morgan fingerprint density at radius 1 is 1.29 bits per heavy atom. The molecule has 1 fully saturated rings. The van der Waals surface area contributed by atoms with Crippen molar-refractivity contribution < 1.29 is 13.9 Å². The van der Waals surface area contributed by atoms with Gasteiger partial charge < -0.3 is 14.1 Å². The van der Waals surface area contributed by atoms with E-state index >= 15 is 0 Å². The standard InChI is InChI=1S/C18H21ClN2O3/c1-12-10-21(11-13(2)23-12)18(22)8-7-17-20-9-16(24-17)14-5-3-4-6-15(14)19/h3-6,9,12-13H,7-8,10-11H2,1-2H3/t12-,13+. The van der Waals surface area contributed by atoms with Gasteiger partial charge in [-0.25, -0.2) is 4.98 Å². The summed E-state index contributed by atoms with van der Waals surface area (Å²) in [4.78, 5) is 18.5. The van der Waals surface area contributed by atoms with Crippen LogP contribution in [0.2, 0.25) is 5.02 Å². The third-order valence-electron chi connectivity index (χ3n) is 4.02. The molecule has 0 saturated carbocycles. The van der Waals surface area contributed by atoms with E-state index in [0.29, 0.717) is 42.6 Å². The molecule has 6 heteroatoms. The van der Waals surface area contributed by atoms with Crippen LogP contribution >= 0.6 is 11.6 Å². The highest BCUT2D eigenvalue weighted by Gasteiger charge is 2.25. The first-order valence-electron chi connectivity index (χ1n) is 8.15. The largest absolute Gasteiger partial charge is 0.441 e. The second-order valence-corrected chi connectivity index (χ2v) is 6.56. The van der Waals surface area contributed by atoms with Crippen LogP contribution in [0.25, 0.3) is 11.3 Å². The molecule has 1 aliphatic rings. The number of nitrogens with zero attached hydrogens (tertiary/aromatic N) is 2. The predicted molar refractivity (Wildman–Crippen MR) is 91.9 cm³/mol. The summed E-state index contributed by atoms with van der Waals surface area (Å²) in [6, 6.07) is 7.46. The van der Waals surface area contributed by atoms with Gasteiger partial charge in [0.15, 0.2) is 11.7 Å². The zero-order valence-corrected chi connectivity index (χ0v) is 14.6. The van der Waals surface area contributed by atoms with Gasteiger partial charge in [-0.3, -0.25) is 4.79 Å². The van der Waals surface area contributed by atoms with Crippen LogP contribution in [0.5, 0.6) is 0 Å². The highest BCUT2D eigenvalue weighted by Crippen LogP contribution is 2.28. The van der Waals surface area contributed by atoms with Crippen LogP contribution in [0.3, 0.4) is 0 Å². The van der Waals surface area contributed by atoms with Crippen molar-refractivity contribution in [3.63, 3.8) is 0 Å². The van der Waals surface area contributed by atoms with Crippen LogP contribution in [-0.4, -0.2) is 41.1 Å². The minimum Gasteiger partial charge on any atom is -0.441 e. The number of amides is 1. The Morgan fingerprint density at radius 3 is 2.71 bits per heavy atom. The van der Waals surface area contributed by atoms with Crippen molar-refractivity contribution in [1.29, 1.82) is 0 Å². The number of carbonyl (C=O) groups is 1. The number of aryl methyl sites for hydroxylation is 1. The molecule has 1 amide bonds. The van der Waals surface area contributed by atoms with Crippen molar-refractivity contribution in [2.75, 3.05) is 13.1 Å². The van der Waals surface area contributed by atoms with Crippen LogP contribution in [0.1, 0.15) is 26.2 Å². The monoisotopic (exact) mass is 348 g/mol. The molecule has 128 valence electrons. The lowest BCUT2D eigenvalue weighted by molar-refractivity contribution is -0.143. The van der Waals surface area contributed by atoms with Crippen molar-refractivity contribution in [2.45, 2.75) is 38.9 Å². The van der Waals surface area contributed by atoms with Gasteiger partial charge in [-0.2, -0.15) is 0 Å². The van der Waals surface area contributed by atoms with E-state index in [4.69, 9.17) is 20.8 Å². The summed E-state index contributed by atoms with van der Waals surface area (Å²) in [5.74, 6) is 1.28. The molecule has 1 aliphatic heterocycles. The zero-order chi connectivity index (χ0) is 17.1. The highest BCUT2D eigenvalue weighted by molar-refractivity contribution is 6.33. The summed E-state index contributed by atoms with van der Waals surface area (Å²) in [6.07, 6.45) is 2.66. The maximum atomic E-state index is 12.4. The molecule has 1 saturated heterocycles. The Hall–Kier alpha value is -1.85.